The van der Waals surface area contributed by atoms with E-state index in [0.717, 1.165) is 32.0 Å². The predicted molar refractivity (Wildman–Crippen MR) is 74.0 cm³/mol. The summed E-state index contributed by atoms with van der Waals surface area (Å²) < 4.78 is 6.83. The molecule has 0 radical (unpaired) electrons. The fraction of sp³-hybridized carbons (Fsp3) is 0.133. The maximum absolute atomic E-state index is 5.95. The summed E-state index contributed by atoms with van der Waals surface area (Å²) >= 11 is 5.55. The topological polar surface area (TPSA) is 13.1 Å². The molecule has 3 rings (SSSR count). The highest BCUT2D eigenvalue weighted by atomic mass is 32.1. The zero-order chi connectivity index (χ0) is 12.0. The lowest BCUT2D eigenvalue weighted by molar-refractivity contribution is 0.657. The number of aryl methyl sites for hydroxylation is 2. The summed E-state index contributed by atoms with van der Waals surface area (Å²) in [6.07, 6.45) is 0. The minimum Gasteiger partial charge on any atom is -0.456 e. The summed E-state index contributed by atoms with van der Waals surface area (Å²) in [5.74, 6) is 0. The van der Waals surface area contributed by atoms with Crippen molar-refractivity contribution in [3.8, 4) is 0 Å². The lowest BCUT2D eigenvalue weighted by Crippen LogP contribution is -1.84. The van der Waals surface area contributed by atoms with Crippen LogP contribution in [-0.2, 0) is 0 Å². The lowest BCUT2D eigenvalue weighted by atomic mass is 10.1. The van der Waals surface area contributed by atoms with Gasteiger partial charge in [-0.1, -0.05) is 30.4 Å². The van der Waals surface area contributed by atoms with Crippen molar-refractivity contribution in [2.45, 2.75) is 13.8 Å². The van der Waals surface area contributed by atoms with Crippen LogP contribution in [0.2, 0.25) is 0 Å². The van der Waals surface area contributed by atoms with Gasteiger partial charge in [-0.3, -0.25) is 0 Å². The molecule has 1 aromatic heterocycles. The lowest BCUT2D eigenvalue weighted by Gasteiger charge is -2.06. The van der Waals surface area contributed by atoms with E-state index >= 15 is 0 Å². The Morgan fingerprint density at radius 1 is 1.00 bits per heavy atom. The Bertz CT molecular complexity index is 784. The fourth-order valence-corrected chi connectivity index (χ4v) is 2.58. The van der Waals surface area contributed by atoms with E-state index in [1.165, 1.54) is 5.56 Å². The highest BCUT2D eigenvalue weighted by Crippen LogP contribution is 2.28. The van der Waals surface area contributed by atoms with Crippen LogP contribution in [0.25, 0.3) is 21.9 Å². The van der Waals surface area contributed by atoms with Crippen molar-refractivity contribution >= 4 is 34.2 Å². The third-order valence-corrected chi connectivity index (χ3v) is 3.45. The van der Waals surface area contributed by atoms with E-state index in [9.17, 15) is 0 Å². The first-order valence-electron chi connectivity index (χ1n) is 5.59. The maximum atomic E-state index is 5.95. The van der Waals surface area contributed by atoms with Crippen LogP contribution < -0.4 is 0 Å². The van der Waals surface area contributed by atoms with Gasteiger partial charge in [-0.25, -0.2) is 0 Å². The minimum atomic E-state index is 0.858. The predicted octanol–water partition coefficient (Wildman–Crippen LogP) is 4.93. The quantitative estimate of drug-likeness (QED) is 0.408. The molecule has 0 bridgehead atoms. The summed E-state index contributed by atoms with van der Waals surface area (Å²) in [7, 11) is 0. The first kappa shape index (κ1) is 10.5. The van der Waals surface area contributed by atoms with Crippen molar-refractivity contribution < 1.29 is 4.42 Å². The number of rotatable bonds is 0. The van der Waals surface area contributed by atoms with Gasteiger partial charge in [0, 0.05) is 10.8 Å². The maximum Gasteiger partial charge on any atom is 0.139 e. The number of para-hydroxylation sites is 1. The van der Waals surface area contributed by atoms with Crippen molar-refractivity contribution in [3.05, 3.63) is 52.0 Å². The van der Waals surface area contributed by atoms with E-state index in [4.69, 9.17) is 16.6 Å². The van der Waals surface area contributed by atoms with E-state index in [0.29, 0.717) is 0 Å². The molecule has 0 aliphatic carbocycles. The molecule has 3 aromatic rings. The van der Waals surface area contributed by atoms with E-state index in [1.807, 2.05) is 24.3 Å². The summed E-state index contributed by atoms with van der Waals surface area (Å²) in [5.41, 5.74) is 4.11. The van der Waals surface area contributed by atoms with Crippen LogP contribution in [0.3, 0.4) is 0 Å². The minimum absolute atomic E-state index is 0.858. The Hall–Kier alpha value is -1.67. The zero-order valence-corrected chi connectivity index (χ0v) is 10.6. The van der Waals surface area contributed by atoms with Crippen molar-refractivity contribution in [2.75, 3.05) is 0 Å². The molecule has 0 aliphatic heterocycles. The van der Waals surface area contributed by atoms with Crippen LogP contribution in [-0.4, -0.2) is 0 Å². The molecule has 0 aliphatic rings. The second-order valence-corrected chi connectivity index (χ2v) is 4.79. The zero-order valence-electron chi connectivity index (χ0n) is 9.78. The van der Waals surface area contributed by atoms with Gasteiger partial charge >= 0.3 is 0 Å². The molecule has 0 saturated carbocycles. The van der Waals surface area contributed by atoms with Gasteiger partial charge in [0.15, 0.2) is 0 Å². The van der Waals surface area contributed by atoms with Crippen molar-refractivity contribution in [2.24, 2.45) is 0 Å². The molecule has 0 spiro atoms. The third-order valence-electron chi connectivity index (χ3n) is 3.01. The normalized spacial score (nSPS) is 11.2. The van der Waals surface area contributed by atoms with Crippen molar-refractivity contribution in [1.29, 1.82) is 0 Å². The van der Waals surface area contributed by atoms with Crippen LogP contribution in [0.15, 0.2) is 40.8 Å². The van der Waals surface area contributed by atoms with Gasteiger partial charge in [0.1, 0.15) is 11.2 Å². The van der Waals surface area contributed by atoms with Crippen LogP contribution >= 0.6 is 12.2 Å². The Morgan fingerprint density at radius 3 is 2.59 bits per heavy atom. The second kappa shape index (κ2) is 3.67. The molecule has 17 heavy (non-hydrogen) atoms. The van der Waals surface area contributed by atoms with Crippen LogP contribution in [0.4, 0.5) is 0 Å². The van der Waals surface area contributed by atoms with Gasteiger partial charge in [0.2, 0.25) is 0 Å². The second-order valence-electron chi connectivity index (χ2n) is 4.39. The molecule has 0 saturated heterocycles. The van der Waals surface area contributed by atoms with Crippen molar-refractivity contribution in [1.82, 2.24) is 0 Å². The standard InChI is InChI=1S/C15H12OS/c1-9-7-10(2)14-12(8-9)15(17)11-5-3-4-6-13(11)16-14/h3-8H,1-2H3. The molecule has 0 atom stereocenters. The van der Waals surface area contributed by atoms with E-state index in [2.05, 4.69) is 26.0 Å². The monoisotopic (exact) mass is 240 g/mol. The Labute approximate surface area is 105 Å². The molecule has 1 nitrogen and oxygen atoms in total. The highest BCUT2D eigenvalue weighted by Gasteiger charge is 2.07. The van der Waals surface area contributed by atoms with Gasteiger partial charge in [-0.2, -0.15) is 0 Å². The van der Waals surface area contributed by atoms with Gasteiger partial charge in [-0.15, -0.1) is 0 Å². The van der Waals surface area contributed by atoms with E-state index in [1.54, 1.807) is 0 Å². The fourth-order valence-electron chi connectivity index (χ4n) is 2.26. The van der Waals surface area contributed by atoms with Gasteiger partial charge in [0.05, 0.1) is 4.51 Å². The molecule has 0 N–H and O–H groups in total. The largest absolute Gasteiger partial charge is 0.456 e. The molecular weight excluding hydrogens is 228 g/mol. The first-order valence-corrected chi connectivity index (χ1v) is 6.00. The molecule has 0 unspecified atom stereocenters. The Balaban J connectivity index is 2.64. The number of fused-ring (bicyclic) bond motifs is 2. The number of benzene rings is 2. The highest BCUT2D eigenvalue weighted by molar-refractivity contribution is 7.72. The molecular formula is C15H12OS. The molecule has 0 amide bonds. The molecule has 1 heterocycles. The van der Waals surface area contributed by atoms with E-state index in [-0.39, 0.29) is 0 Å². The van der Waals surface area contributed by atoms with Crippen LogP contribution in [0.1, 0.15) is 11.1 Å². The number of hydrogen-bond donors (Lipinski definition) is 0. The average molecular weight is 240 g/mol. The van der Waals surface area contributed by atoms with Gasteiger partial charge < -0.3 is 4.42 Å². The summed E-state index contributed by atoms with van der Waals surface area (Å²) in [5, 5.41) is 2.05. The van der Waals surface area contributed by atoms with Gasteiger partial charge in [-0.05, 0) is 43.2 Å². The number of hydrogen-bond acceptors (Lipinski definition) is 2. The molecule has 2 aromatic carbocycles. The smallest absolute Gasteiger partial charge is 0.139 e. The van der Waals surface area contributed by atoms with E-state index < -0.39 is 0 Å². The van der Waals surface area contributed by atoms with Gasteiger partial charge in [0.25, 0.3) is 0 Å². The SMILES string of the molecule is Cc1cc(C)c2oc3ccccc3c(=S)c2c1. The third kappa shape index (κ3) is 1.56. The Morgan fingerprint density at radius 2 is 1.76 bits per heavy atom. The molecule has 2 heteroatoms. The van der Waals surface area contributed by atoms with Crippen molar-refractivity contribution in [3.63, 3.8) is 0 Å². The summed E-state index contributed by atoms with van der Waals surface area (Å²) in [4.78, 5) is 0. The summed E-state index contributed by atoms with van der Waals surface area (Å²) in [6, 6.07) is 12.1. The molecule has 84 valence electrons. The van der Waals surface area contributed by atoms with Crippen LogP contribution in [0.5, 0.6) is 0 Å². The summed E-state index contributed by atoms with van der Waals surface area (Å²) in [6.45, 7) is 4.14. The molecule has 0 fully saturated rings. The average Bonchev–Trinajstić information content (AvgIpc) is 2.31. The Kier molecular flexibility index (Phi) is 2.26. The van der Waals surface area contributed by atoms with Crippen LogP contribution in [0, 0.1) is 18.4 Å². The first-order chi connectivity index (χ1) is 8.16.